The number of ether oxygens (including phenoxy) is 2. The number of rotatable bonds is 11. The molecule has 2 unspecified atom stereocenters. The Morgan fingerprint density at radius 2 is 1.96 bits per heavy atom. The quantitative estimate of drug-likeness (QED) is 0.249. The molecule has 0 aliphatic rings. The minimum Gasteiger partial charge on any atom is -0.489 e. The van der Waals surface area contributed by atoms with Crippen molar-refractivity contribution in [3.63, 3.8) is 0 Å². The van der Waals surface area contributed by atoms with Crippen LogP contribution >= 0.6 is 24.0 Å². The molecule has 0 aliphatic carbocycles. The fraction of sp³-hybridized carbons (Fsp3) is 0.632. The van der Waals surface area contributed by atoms with E-state index in [-0.39, 0.29) is 49.0 Å². The van der Waals surface area contributed by atoms with Gasteiger partial charge in [-0.25, -0.2) is 4.39 Å². The fourth-order valence-corrected chi connectivity index (χ4v) is 2.09. The van der Waals surface area contributed by atoms with Crippen molar-refractivity contribution >= 4 is 29.9 Å². The molecule has 0 aromatic heterocycles. The lowest BCUT2D eigenvalue weighted by Crippen LogP contribution is -2.42. The Hall–Kier alpha value is -1.13. The zero-order valence-corrected chi connectivity index (χ0v) is 18.9. The molecule has 27 heavy (non-hydrogen) atoms. The molecule has 2 atom stereocenters. The molecule has 0 radical (unpaired) electrons. The first-order chi connectivity index (χ1) is 12.4. The second-order valence-corrected chi connectivity index (χ2v) is 6.57. The van der Waals surface area contributed by atoms with E-state index >= 15 is 0 Å². The van der Waals surface area contributed by atoms with Crippen LogP contribution in [-0.4, -0.2) is 56.1 Å². The van der Waals surface area contributed by atoms with Crippen LogP contribution in [0, 0.1) is 11.7 Å². The second kappa shape index (κ2) is 14.9. The van der Waals surface area contributed by atoms with Gasteiger partial charge in [0.05, 0.1) is 25.8 Å². The summed E-state index contributed by atoms with van der Waals surface area (Å²) in [5, 5.41) is 16.2. The number of nitrogens with one attached hydrogen (secondary N) is 2. The molecule has 1 aromatic rings. The zero-order chi connectivity index (χ0) is 19.4. The van der Waals surface area contributed by atoms with Crippen LogP contribution in [0.3, 0.4) is 0 Å². The molecule has 0 spiro atoms. The van der Waals surface area contributed by atoms with Crippen molar-refractivity contribution in [2.75, 3.05) is 32.8 Å². The lowest BCUT2D eigenvalue weighted by atomic mass is 10.2. The topological polar surface area (TPSA) is 75.1 Å². The summed E-state index contributed by atoms with van der Waals surface area (Å²) in [5.41, 5.74) is 0. The molecular formula is C19H33FIN3O3. The van der Waals surface area contributed by atoms with Crippen LogP contribution in [0.4, 0.5) is 4.39 Å². The maximum Gasteiger partial charge on any atom is 0.191 e. The fourth-order valence-electron chi connectivity index (χ4n) is 2.09. The van der Waals surface area contributed by atoms with Crippen LogP contribution in [0.25, 0.3) is 0 Å². The van der Waals surface area contributed by atoms with Crippen molar-refractivity contribution in [3.8, 4) is 5.75 Å². The van der Waals surface area contributed by atoms with Gasteiger partial charge in [0.1, 0.15) is 17.7 Å². The van der Waals surface area contributed by atoms with Gasteiger partial charge in [0, 0.05) is 19.2 Å². The van der Waals surface area contributed by atoms with Gasteiger partial charge < -0.3 is 25.2 Å². The van der Waals surface area contributed by atoms with E-state index in [0.29, 0.717) is 37.3 Å². The van der Waals surface area contributed by atoms with Crippen molar-refractivity contribution in [2.24, 2.45) is 10.9 Å². The predicted octanol–water partition coefficient (Wildman–Crippen LogP) is 2.80. The van der Waals surface area contributed by atoms with E-state index in [0.717, 1.165) is 0 Å². The largest absolute Gasteiger partial charge is 0.489 e. The zero-order valence-electron chi connectivity index (χ0n) is 16.6. The van der Waals surface area contributed by atoms with E-state index in [4.69, 9.17) is 9.47 Å². The maximum atomic E-state index is 13.2. The second-order valence-electron chi connectivity index (χ2n) is 6.57. The minimum atomic E-state index is -0.648. The van der Waals surface area contributed by atoms with E-state index in [1.807, 2.05) is 13.8 Å². The lowest BCUT2D eigenvalue weighted by Gasteiger charge is -2.18. The van der Waals surface area contributed by atoms with Crippen molar-refractivity contribution in [1.29, 1.82) is 0 Å². The number of nitrogens with zero attached hydrogens (tertiary/aromatic N) is 1. The van der Waals surface area contributed by atoms with Gasteiger partial charge >= 0.3 is 0 Å². The van der Waals surface area contributed by atoms with Crippen molar-refractivity contribution in [3.05, 3.63) is 30.1 Å². The van der Waals surface area contributed by atoms with Gasteiger partial charge in [-0.2, -0.15) is 0 Å². The highest BCUT2D eigenvalue weighted by Crippen LogP contribution is 2.13. The summed E-state index contributed by atoms with van der Waals surface area (Å²) in [6.45, 7) is 10.3. The van der Waals surface area contributed by atoms with Gasteiger partial charge in [-0.15, -0.1) is 24.0 Å². The Balaban J connectivity index is 0.00000676. The Kier molecular flexibility index (Phi) is 14.2. The highest BCUT2D eigenvalue weighted by atomic mass is 127. The van der Waals surface area contributed by atoms with Crippen LogP contribution in [-0.2, 0) is 4.74 Å². The third-order valence-electron chi connectivity index (χ3n) is 3.26. The number of aliphatic imine (C=N–C) groups is 1. The molecule has 6 nitrogen and oxygen atoms in total. The highest BCUT2D eigenvalue weighted by molar-refractivity contribution is 14.0. The summed E-state index contributed by atoms with van der Waals surface area (Å²) >= 11 is 0. The van der Waals surface area contributed by atoms with E-state index in [2.05, 4.69) is 29.5 Å². The van der Waals surface area contributed by atoms with Crippen LogP contribution in [0.15, 0.2) is 29.3 Å². The van der Waals surface area contributed by atoms with Gasteiger partial charge in [-0.1, -0.05) is 19.9 Å². The van der Waals surface area contributed by atoms with Crippen LogP contribution in [0.1, 0.15) is 27.7 Å². The summed E-state index contributed by atoms with van der Waals surface area (Å²) in [5.74, 6) is 1.18. The number of guanidine groups is 1. The normalized spacial score (nSPS) is 13.7. The predicted molar refractivity (Wildman–Crippen MR) is 118 cm³/mol. The first-order valence-electron chi connectivity index (χ1n) is 9.10. The molecule has 3 N–H and O–H groups in total. The van der Waals surface area contributed by atoms with Gasteiger partial charge in [0.15, 0.2) is 5.96 Å². The Morgan fingerprint density at radius 1 is 1.22 bits per heavy atom. The Bertz CT molecular complexity index is 547. The number of halogens is 2. The Morgan fingerprint density at radius 3 is 2.59 bits per heavy atom. The molecule has 0 amide bonds. The van der Waals surface area contributed by atoms with Crippen molar-refractivity contribution < 1.29 is 19.0 Å². The number of aliphatic hydroxyl groups excluding tert-OH is 1. The number of hydrogen-bond donors (Lipinski definition) is 3. The summed E-state index contributed by atoms with van der Waals surface area (Å²) in [7, 11) is 0. The molecular weight excluding hydrogens is 464 g/mol. The molecule has 156 valence electrons. The average molecular weight is 497 g/mol. The van der Waals surface area contributed by atoms with Crippen molar-refractivity contribution in [2.45, 2.75) is 39.9 Å². The molecule has 0 saturated carbocycles. The number of hydrogen-bond acceptors (Lipinski definition) is 4. The number of benzene rings is 1. The van der Waals surface area contributed by atoms with Gasteiger partial charge in [0.2, 0.25) is 0 Å². The van der Waals surface area contributed by atoms with E-state index in [1.54, 1.807) is 12.1 Å². The summed E-state index contributed by atoms with van der Waals surface area (Å²) in [6, 6.07) is 6.05. The lowest BCUT2D eigenvalue weighted by molar-refractivity contribution is 0.0301. The minimum absolute atomic E-state index is 0. The van der Waals surface area contributed by atoms with Gasteiger partial charge in [0.25, 0.3) is 0 Å². The van der Waals surface area contributed by atoms with Crippen LogP contribution < -0.4 is 15.4 Å². The standard InChI is InChI=1S/C19H32FN3O3.HI/c1-5-21-19(23-11-17(24)13-25-12-14(2)3)22-10-15(4)26-18-8-6-7-16(20)9-18;/h6-9,14-15,17,24H,5,10-13H2,1-4H3,(H2,21,22,23);1H. The molecule has 0 heterocycles. The highest BCUT2D eigenvalue weighted by Gasteiger charge is 2.08. The molecule has 0 fully saturated rings. The summed E-state index contributed by atoms with van der Waals surface area (Å²) in [4.78, 5) is 4.35. The van der Waals surface area contributed by atoms with Gasteiger partial charge in [-0.05, 0) is 31.9 Å². The summed E-state index contributed by atoms with van der Waals surface area (Å²) < 4.78 is 24.3. The number of aliphatic hydroxyl groups is 1. The monoisotopic (exact) mass is 497 g/mol. The van der Waals surface area contributed by atoms with Crippen LogP contribution in [0.5, 0.6) is 5.75 Å². The first-order valence-corrected chi connectivity index (χ1v) is 9.10. The Labute approximate surface area is 179 Å². The average Bonchev–Trinajstić information content (AvgIpc) is 2.57. The molecule has 0 saturated heterocycles. The van der Waals surface area contributed by atoms with E-state index in [9.17, 15) is 9.50 Å². The first kappa shape index (κ1) is 25.9. The van der Waals surface area contributed by atoms with E-state index < -0.39 is 6.10 Å². The molecule has 0 aliphatic heterocycles. The third-order valence-corrected chi connectivity index (χ3v) is 3.26. The smallest absolute Gasteiger partial charge is 0.191 e. The molecule has 1 aromatic carbocycles. The molecule has 0 bridgehead atoms. The third kappa shape index (κ3) is 12.8. The summed E-state index contributed by atoms with van der Waals surface area (Å²) in [6.07, 6.45) is -0.829. The van der Waals surface area contributed by atoms with E-state index in [1.165, 1.54) is 12.1 Å². The van der Waals surface area contributed by atoms with Gasteiger partial charge in [-0.3, -0.25) is 4.99 Å². The van der Waals surface area contributed by atoms with Crippen molar-refractivity contribution in [1.82, 2.24) is 10.6 Å². The van der Waals surface area contributed by atoms with Crippen LogP contribution in [0.2, 0.25) is 0 Å². The SMILES string of the molecule is CCNC(=NCC(O)COCC(C)C)NCC(C)Oc1cccc(F)c1.I. The molecule has 8 heteroatoms. The maximum absolute atomic E-state index is 13.2. The molecule has 1 rings (SSSR count).